The zero-order valence-electron chi connectivity index (χ0n) is 19.2. The summed E-state index contributed by atoms with van der Waals surface area (Å²) in [6, 6.07) is 12.4. The van der Waals surface area contributed by atoms with Crippen LogP contribution in [0.25, 0.3) is 11.1 Å². The van der Waals surface area contributed by atoms with Crippen LogP contribution < -0.4 is 9.47 Å². The van der Waals surface area contributed by atoms with E-state index >= 15 is 0 Å². The molecule has 1 aliphatic heterocycles. The van der Waals surface area contributed by atoms with E-state index in [1.165, 1.54) is 24.3 Å². The van der Waals surface area contributed by atoms with Crippen LogP contribution in [0.3, 0.4) is 0 Å². The third-order valence-electron chi connectivity index (χ3n) is 5.69. The molecule has 0 radical (unpaired) electrons. The smallest absolute Gasteiger partial charge is 0.492 e. The van der Waals surface area contributed by atoms with Crippen LogP contribution in [-0.4, -0.2) is 70.5 Å². The van der Waals surface area contributed by atoms with E-state index in [-0.39, 0.29) is 18.3 Å². The SMILES string of the molecule is BC1(B)COc2ccc(-c3ccc(OC(F)(F)F)cc3)cc2C(=O)N1C(B)(B)c1ncccn1. The molecule has 0 saturated carbocycles. The van der Waals surface area contributed by atoms with Gasteiger partial charge in [-0.05, 0) is 41.5 Å². The Kier molecular flexibility index (Phi) is 5.91. The molecule has 1 aromatic heterocycles. The molecule has 4 rings (SSSR count). The second-order valence-corrected chi connectivity index (χ2v) is 9.16. The van der Waals surface area contributed by atoms with E-state index < -0.39 is 17.0 Å². The fourth-order valence-corrected chi connectivity index (χ4v) is 4.29. The van der Waals surface area contributed by atoms with Crippen molar-refractivity contribution >= 4 is 37.3 Å². The predicted molar refractivity (Wildman–Crippen MR) is 131 cm³/mol. The zero-order valence-corrected chi connectivity index (χ0v) is 19.2. The quantitative estimate of drug-likeness (QED) is 0.506. The number of fused-ring (bicyclic) bond motifs is 1. The molecule has 0 fully saturated rings. The van der Waals surface area contributed by atoms with E-state index in [2.05, 4.69) is 14.7 Å². The predicted octanol–water partition coefficient (Wildman–Crippen LogP) is -0.127. The lowest BCUT2D eigenvalue weighted by Crippen LogP contribution is -2.65. The number of nitrogens with zero attached hydrogens (tertiary/aromatic N) is 3. The molecule has 0 N–H and O–H groups in total. The molecule has 2 aromatic carbocycles. The fourth-order valence-electron chi connectivity index (χ4n) is 4.29. The Morgan fingerprint density at radius 2 is 1.62 bits per heavy atom. The summed E-state index contributed by atoms with van der Waals surface area (Å²) in [4.78, 5) is 24.4. The summed E-state index contributed by atoms with van der Waals surface area (Å²) in [5.41, 5.74) is 1.64. The number of alkyl halides is 3. The number of benzene rings is 2. The molecule has 6 nitrogen and oxygen atoms in total. The number of amides is 1. The minimum absolute atomic E-state index is 0.255. The number of carbonyl (C=O) groups excluding carboxylic acids is 1. The van der Waals surface area contributed by atoms with Crippen molar-refractivity contribution in [3.63, 3.8) is 0 Å². The Labute approximate surface area is 198 Å². The van der Waals surface area contributed by atoms with Gasteiger partial charge in [0.25, 0.3) is 5.91 Å². The normalized spacial score (nSPS) is 15.7. The molecule has 1 aliphatic rings. The van der Waals surface area contributed by atoms with Crippen LogP contribution in [0.5, 0.6) is 11.5 Å². The zero-order chi connectivity index (χ0) is 24.7. The maximum atomic E-state index is 13.9. The Balaban J connectivity index is 1.73. The highest BCUT2D eigenvalue weighted by Gasteiger charge is 2.46. The van der Waals surface area contributed by atoms with Crippen molar-refractivity contribution in [2.45, 2.75) is 17.0 Å². The van der Waals surface area contributed by atoms with E-state index in [0.717, 1.165) is 0 Å². The number of hydrogen-bond acceptors (Lipinski definition) is 5. The van der Waals surface area contributed by atoms with Crippen molar-refractivity contribution < 1.29 is 27.4 Å². The van der Waals surface area contributed by atoms with Gasteiger partial charge >= 0.3 is 6.36 Å². The Morgan fingerprint density at radius 1 is 1.00 bits per heavy atom. The topological polar surface area (TPSA) is 64.6 Å². The first kappa shape index (κ1) is 23.8. The molecule has 0 bridgehead atoms. The Hall–Kier alpha value is -3.36. The highest BCUT2D eigenvalue weighted by Crippen LogP contribution is 2.36. The van der Waals surface area contributed by atoms with Crippen molar-refractivity contribution in [2.24, 2.45) is 0 Å². The number of halogens is 3. The lowest BCUT2D eigenvalue weighted by molar-refractivity contribution is -0.274. The number of aromatic nitrogens is 2. The highest BCUT2D eigenvalue weighted by molar-refractivity contribution is 6.45. The van der Waals surface area contributed by atoms with E-state index in [1.54, 1.807) is 41.6 Å². The standard InChI is InChI=1S/C21H20B4F3N3O3/c22-19(23)11-33-16-7-4-13(12-2-5-14(6-3-12)34-21(26,27)28)10-15(16)17(32)31(19)20(24,25)18-29-8-1-9-30-18/h1-10H,11,22-25H2. The molecule has 170 valence electrons. The number of hydrogen-bond donors (Lipinski definition) is 0. The van der Waals surface area contributed by atoms with Gasteiger partial charge in [-0.15, -0.1) is 13.2 Å². The molecule has 34 heavy (non-hydrogen) atoms. The summed E-state index contributed by atoms with van der Waals surface area (Å²) in [6.07, 6.45) is -1.50. The van der Waals surface area contributed by atoms with Crippen molar-refractivity contribution in [2.75, 3.05) is 6.61 Å². The lowest BCUT2D eigenvalue weighted by atomic mass is 9.52. The Bertz CT molecular complexity index is 1210. The molecule has 13 heteroatoms. The van der Waals surface area contributed by atoms with Crippen LogP contribution in [0, 0.1) is 0 Å². The van der Waals surface area contributed by atoms with Crippen molar-refractivity contribution in [1.29, 1.82) is 0 Å². The summed E-state index contributed by atoms with van der Waals surface area (Å²) in [5.74, 6) is 0.360. The molecule has 0 atom stereocenters. The Morgan fingerprint density at radius 3 is 2.24 bits per heavy atom. The average molecular weight is 463 g/mol. The van der Waals surface area contributed by atoms with Gasteiger partial charge in [0, 0.05) is 23.1 Å². The number of rotatable bonds is 4. The van der Waals surface area contributed by atoms with Gasteiger partial charge in [0.2, 0.25) is 0 Å². The molecular weight excluding hydrogens is 442 g/mol. The van der Waals surface area contributed by atoms with Gasteiger partial charge in [-0.3, -0.25) is 4.79 Å². The van der Waals surface area contributed by atoms with Gasteiger partial charge in [0.05, 0.1) is 12.2 Å². The van der Waals surface area contributed by atoms with Gasteiger partial charge in [0.15, 0.2) is 0 Å². The molecule has 3 aromatic rings. The van der Waals surface area contributed by atoms with Gasteiger partial charge in [-0.2, -0.15) is 0 Å². The third kappa shape index (κ3) is 4.64. The van der Waals surface area contributed by atoms with Crippen LogP contribution in [0.1, 0.15) is 16.2 Å². The van der Waals surface area contributed by atoms with Crippen molar-refractivity contribution in [3.8, 4) is 22.6 Å². The molecule has 1 amide bonds. The van der Waals surface area contributed by atoms with Crippen molar-refractivity contribution in [1.82, 2.24) is 14.9 Å². The number of carbonyl (C=O) groups is 1. The van der Waals surface area contributed by atoms with E-state index in [1.807, 2.05) is 31.4 Å². The lowest BCUT2D eigenvalue weighted by Gasteiger charge is -2.47. The second-order valence-electron chi connectivity index (χ2n) is 9.16. The van der Waals surface area contributed by atoms with Gasteiger partial charge in [-0.1, -0.05) is 18.2 Å². The molecule has 0 aliphatic carbocycles. The average Bonchev–Trinajstić information content (AvgIpc) is 2.87. The van der Waals surface area contributed by atoms with Crippen LogP contribution in [0.2, 0.25) is 0 Å². The first-order valence-corrected chi connectivity index (χ1v) is 10.6. The van der Waals surface area contributed by atoms with Crippen LogP contribution in [-0.2, 0) is 5.34 Å². The monoisotopic (exact) mass is 463 g/mol. The first-order valence-electron chi connectivity index (χ1n) is 10.6. The molecule has 0 spiro atoms. The summed E-state index contributed by atoms with van der Waals surface area (Å²) < 4.78 is 47.4. The highest BCUT2D eigenvalue weighted by atomic mass is 19.4. The fraction of sp³-hybridized carbons (Fsp3) is 0.190. The van der Waals surface area contributed by atoms with Crippen LogP contribution in [0.15, 0.2) is 60.9 Å². The summed E-state index contributed by atoms with van der Waals surface area (Å²) >= 11 is 0. The minimum atomic E-state index is -4.76. The van der Waals surface area contributed by atoms with Crippen LogP contribution >= 0.6 is 0 Å². The van der Waals surface area contributed by atoms with Gasteiger partial charge in [0.1, 0.15) is 48.7 Å². The number of ether oxygens (including phenoxy) is 2. The van der Waals surface area contributed by atoms with E-state index in [4.69, 9.17) is 4.74 Å². The van der Waals surface area contributed by atoms with Gasteiger partial charge < -0.3 is 14.4 Å². The van der Waals surface area contributed by atoms with Crippen LogP contribution in [0.4, 0.5) is 13.2 Å². The maximum absolute atomic E-state index is 13.9. The summed E-state index contributed by atoms with van der Waals surface area (Å²) in [5, 5.41) is -1.53. The molecule has 0 unspecified atom stereocenters. The van der Waals surface area contributed by atoms with Gasteiger partial charge in [-0.25, -0.2) is 9.97 Å². The molecule has 2 heterocycles. The second kappa shape index (κ2) is 8.45. The minimum Gasteiger partial charge on any atom is -0.492 e. The summed E-state index contributed by atoms with van der Waals surface area (Å²) in [7, 11) is 7.61. The van der Waals surface area contributed by atoms with E-state index in [9.17, 15) is 18.0 Å². The largest absolute Gasteiger partial charge is 0.573 e. The maximum Gasteiger partial charge on any atom is 0.573 e. The third-order valence-corrected chi connectivity index (χ3v) is 5.69. The van der Waals surface area contributed by atoms with E-state index in [0.29, 0.717) is 28.3 Å². The summed E-state index contributed by atoms with van der Waals surface area (Å²) in [6.45, 7) is 0.255. The molecular formula is C21H20B4F3N3O3. The first-order chi connectivity index (χ1) is 15.9. The molecule has 0 saturated heterocycles. The van der Waals surface area contributed by atoms with Crippen molar-refractivity contribution in [3.05, 3.63) is 72.3 Å².